The van der Waals surface area contributed by atoms with Gasteiger partial charge in [-0.3, -0.25) is 9.59 Å². The van der Waals surface area contributed by atoms with E-state index in [1.807, 2.05) is 56.3 Å². The fraction of sp³-hybridized carbons (Fsp3) is 0.391. The summed E-state index contributed by atoms with van der Waals surface area (Å²) in [6, 6.07) is 13.9. The third kappa shape index (κ3) is 4.57. The molecule has 1 aliphatic carbocycles. The number of carbonyl (C=O) groups excluding carboxylic acids is 2. The summed E-state index contributed by atoms with van der Waals surface area (Å²) in [6.07, 6.45) is 0.600. The van der Waals surface area contributed by atoms with E-state index in [-0.39, 0.29) is 29.1 Å². The lowest BCUT2D eigenvalue weighted by Crippen LogP contribution is -2.21. The number of nitrogens with one attached hydrogen (secondary N) is 2. The Kier molecular flexibility index (Phi) is 5.09. The third-order valence-corrected chi connectivity index (χ3v) is 5.13. The lowest BCUT2D eigenvalue weighted by molar-refractivity contribution is -0.122. The first-order valence-corrected chi connectivity index (χ1v) is 9.44. The van der Waals surface area contributed by atoms with E-state index in [0.717, 1.165) is 22.5 Å². The van der Waals surface area contributed by atoms with Crippen molar-refractivity contribution in [2.45, 2.75) is 46.5 Å². The van der Waals surface area contributed by atoms with Crippen LogP contribution in [-0.4, -0.2) is 11.8 Å². The fourth-order valence-electron chi connectivity index (χ4n) is 3.16. The predicted molar refractivity (Wildman–Crippen MR) is 110 cm³/mol. The van der Waals surface area contributed by atoms with Gasteiger partial charge in [-0.05, 0) is 60.6 Å². The van der Waals surface area contributed by atoms with Crippen LogP contribution in [0.4, 0.5) is 11.4 Å². The fourth-order valence-corrected chi connectivity index (χ4v) is 3.16. The monoisotopic (exact) mass is 364 g/mol. The molecule has 0 heterocycles. The van der Waals surface area contributed by atoms with Crippen LogP contribution in [0.5, 0.6) is 0 Å². The Labute approximate surface area is 161 Å². The smallest absolute Gasteiger partial charge is 0.228 e. The Balaban J connectivity index is 1.57. The number of amides is 2. The minimum absolute atomic E-state index is 0.0769. The number of rotatable bonds is 4. The van der Waals surface area contributed by atoms with E-state index >= 15 is 0 Å². The number of carbonyl (C=O) groups is 2. The highest BCUT2D eigenvalue weighted by atomic mass is 16.2. The van der Waals surface area contributed by atoms with E-state index in [1.165, 1.54) is 5.56 Å². The lowest BCUT2D eigenvalue weighted by Gasteiger charge is -2.19. The Morgan fingerprint density at radius 3 is 2.07 bits per heavy atom. The number of hydrogen-bond donors (Lipinski definition) is 2. The normalized spacial score (nSPS) is 18.7. The van der Waals surface area contributed by atoms with Gasteiger partial charge in [0.25, 0.3) is 0 Å². The Hall–Kier alpha value is -2.62. The molecule has 2 atom stereocenters. The van der Waals surface area contributed by atoms with Gasteiger partial charge in [0.2, 0.25) is 11.8 Å². The van der Waals surface area contributed by atoms with E-state index in [0.29, 0.717) is 6.42 Å². The number of aryl methyl sites for hydroxylation is 2. The maximum absolute atomic E-state index is 12.5. The molecule has 2 aromatic carbocycles. The first-order valence-electron chi connectivity index (χ1n) is 9.44. The van der Waals surface area contributed by atoms with Gasteiger partial charge in [0.05, 0.1) is 11.8 Å². The molecule has 2 aromatic rings. The summed E-state index contributed by atoms with van der Waals surface area (Å²) < 4.78 is 0. The van der Waals surface area contributed by atoms with Crippen molar-refractivity contribution in [1.82, 2.24) is 0 Å². The van der Waals surface area contributed by atoms with E-state index in [1.54, 1.807) is 0 Å². The second-order valence-corrected chi connectivity index (χ2v) is 8.57. The molecule has 0 radical (unpaired) electrons. The van der Waals surface area contributed by atoms with Crippen LogP contribution in [0.1, 0.15) is 43.9 Å². The topological polar surface area (TPSA) is 58.2 Å². The lowest BCUT2D eigenvalue weighted by atomic mass is 9.87. The van der Waals surface area contributed by atoms with Crippen molar-refractivity contribution in [3.05, 3.63) is 59.2 Å². The molecule has 2 unspecified atom stereocenters. The van der Waals surface area contributed by atoms with Crippen LogP contribution in [0.3, 0.4) is 0 Å². The summed E-state index contributed by atoms with van der Waals surface area (Å²) in [7, 11) is 0. The van der Waals surface area contributed by atoms with Gasteiger partial charge in [-0.2, -0.15) is 0 Å². The molecule has 1 saturated carbocycles. The molecule has 0 bridgehead atoms. The molecule has 27 heavy (non-hydrogen) atoms. The molecule has 1 fully saturated rings. The minimum Gasteiger partial charge on any atom is -0.326 e. The number of benzene rings is 2. The Morgan fingerprint density at radius 1 is 0.889 bits per heavy atom. The molecule has 0 aliphatic heterocycles. The summed E-state index contributed by atoms with van der Waals surface area (Å²) in [4.78, 5) is 24.9. The van der Waals surface area contributed by atoms with Crippen LogP contribution < -0.4 is 10.6 Å². The zero-order valence-corrected chi connectivity index (χ0v) is 16.7. The highest BCUT2D eigenvalue weighted by Crippen LogP contribution is 2.40. The van der Waals surface area contributed by atoms with Crippen LogP contribution in [-0.2, 0) is 15.0 Å². The summed E-state index contributed by atoms with van der Waals surface area (Å²) in [5.41, 5.74) is 5.01. The van der Waals surface area contributed by atoms with Gasteiger partial charge < -0.3 is 10.6 Å². The van der Waals surface area contributed by atoms with Gasteiger partial charge in [0, 0.05) is 11.4 Å². The largest absolute Gasteiger partial charge is 0.326 e. The minimum atomic E-state index is -0.252. The molecule has 2 amide bonds. The van der Waals surface area contributed by atoms with Gasteiger partial charge in [-0.25, -0.2) is 0 Å². The molecule has 1 aliphatic rings. The molecule has 4 nitrogen and oxygen atoms in total. The van der Waals surface area contributed by atoms with Crippen LogP contribution in [0.25, 0.3) is 0 Å². The Morgan fingerprint density at radius 2 is 1.48 bits per heavy atom. The summed E-state index contributed by atoms with van der Waals surface area (Å²) in [6.45, 7) is 10.4. The third-order valence-electron chi connectivity index (χ3n) is 5.13. The SMILES string of the molecule is Cc1ccc(C)c(NC(=O)C2CC2C(=O)Nc2ccc(C(C)(C)C)cc2)c1. The summed E-state index contributed by atoms with van der Waals surface area (Å²) >= 11 is 0. The molecule has 0 aromatic heterocycles. The second kappa shape index (κ2) is 7.18. The van der Waals surface area contributed by atoms with Crippen molar-refractivity contribution < 1.29 is 9.59 Å². The van der Waals surface area contributed by atoms with Gasteiger partial charge >= 0.3 is 0 Å². The molecule has 0 spiro atoms. The van der Waals surface area contributed by atoms with Gasteiger partial charge in [0.15, 0.2) is 0 Å². The second-order valence-electron chi connectivity index (χ2n) is 8.57. The Bertz CT molecular complexity index is 863. The molecule has 142 valence electrons. The van der Waals surface area contributed by atoms with E-state index in [9.17, 15) is 9.59 Å². The van der Waals surface area contributed by atoms with E-state index in [4.69, 9.17) is 0 Å². The zero-order valence-electron chi connectivity index (χ0n) is 16.7. The molecule has 3 rings (SSSR count). The highest BCUT2D eigenvalue weighted by Gasteiger charge is 2.48. The van der Waals surface area contributed by atoms with Crippen LogP contribution in [0.2, 0.25) is 0 Å². The van der Waals surface area contributed by atoms with Crippen molar-refractivity contribution in [1.29, 1.82) is 0 Å². The van der Waals surface area contributed by atoms with E-state index in [2.05, 4.69) is 31.4 Å². The molecular weight excluding hydrogens is 336 g/mol. The van der Waals surface area contributed by atoms with Crippen LogP contribution in [0.15, 0.2) is 42.5 Å². The van der Waals surface area contributed by atoms with Crippen LogP contribution in [0, 0.1) is 25.7 Å². The number of anilines is 2. The standard InChI is InChI=1S/C23H28N2O2/c1-14-6-7-15(2)20(12-14)25-22(27)19-13-18(19)21(26)24-17-10-8-16(9-11-17)23(3,4)5/h6-12,18-19H,13H2,1-5H3,(H,24,26)(H,25,27). The maximum atomic E-state index is 12.5. The summed E-state index contributed by atoms with van der Waals surface area (Å²) in [5.74, 6) is -0.664. The van der Waals surface area contributed by atoms with Crippen molar-refractivity contribution in [3.63, 3.8) is 0 Å². The van der Waals surface area contributed by atoms with Crippen molar-refractivity contribution in [2.24, 2.45) is 11.8 Å². The predicted octanol–water partition coefficient (Wildman–Crippen LogP) is 4.81. The van der Waals surface area contributed by atoms with Crippen molar-refractivity contribution >= 4 is 23.2 Å². The first-order chi connectivity index (χ1) is 12.6. The quantitative estimate of drug-likeness (QED) is 0.817. The molecule has 4 heteroatoms. The average Bonchev–Trinajstić information content (AvgIpc) is 3.39. The first kappa shape index (κ1) is 19.2. The number of hydrogen-bond acceptors (Lipinski definition) is 2. The molecular formula is C23H28N2O2. The van der Waals surface area contributed by atoms with E-state index < -0.39 is 0 Å². The highest BCUT2D eigenvalue weighted by molar-refractivity contribution is 6.03. The van der Waals surface area contributed by atoms with Gasteiger partial charge in [0.1, 0.15) is 0 Å². The van der Waals surface area contributed by atoms with Crippen molar-refractivity contribution in [2.75, 3.05) is 10.6 Å². The zero-order chi connectivity index (χ0) is 19.8. The van der Waals surface area contributed by atoms with Gasteiger partial charge in [-0.15, -0.1) is 0 Å². The molecule has 2 N–H and O–H groups in total. The van der Waals surface area contributed by atoms with Crippen molar-refractivity contribution in [3.8, 4) is 0 Å². The average molecular weight is 364 g/mol. The van der Waals surface area contributed by atoms with Gasteiger partial charge in [-0.1, -0.05) is 45.0 Å². The van der Waals surface area contributed by atoms with Crippen LogP contribution >= 0.6 is 0 Å². The summed E-state index contributed by atoms with van der Waals surface area (Å²) in [5, 5.41) is 5.90. The maximum Gasteiger partial charge on any atom is 0.228 e. The molecule has 0 saturated heterocycles.